The summed E-state index contributed by atoms with van der Waals surface area (Å²) >= 11 is 0. The van der Waals surface area contributed by atoms with Gasteiger partial charge in [0.25, 0.3) is 0 Å². The topological polar surface area (TPSA) is 28.2 Å². The molecule has 3 heteroatoms. The molecule has 1 saturated heterocycles. The van der Waals surface area contributed by atoms with Crippen LogP contribution in [0.25, 0.3) is 0 Å². The van der Waals surface area contributed by atoms with Gasteiger partial charge in [-0.3, -0.25) is 4.98 Å². The SMILES string of the molecule is CN1CCCC(NCCc2cccnc2)CC1. The Kier molecular flexibility index (Phi) is 4.95. The van der Waals surface area contributed by atoms with Crippen LogP contribution in [0.3, 0.4) is 0 Å². The van der Waals surface area contributed by atoms with Gasteiger partial charge in [-0.25, -0.2) is 0 Å². The van der Waals surface area contributed by atoms with Crippen LogP contribution in [0.1, 0.15) is 24.8 Å². The summed E-state index contributed by atoms with van der Waals surface area (Å²) in [5.41, 5.74) is 1.32. The molecule has 0 saturated carbocycles. The molecule has 94 valence electrons. The minimum atomic E-state index is 0.705. The normalized spacial score (nSPS) is 22.3. The van der Waals surface area contributed by atoms with Crippen molar-refractivity contribution in [3.8, 4) is 0 Å². The molecule has 1 fully saturated rings. The van der Waals surface area contributed by atoms with E-state index in [1.807, 2.05) is 18.5 Å². The van der Waals surface area contributed by atoms with Crippen molar-refractivity contribution in [3.63, 3.8) is 0 Å². The van der Waals surface area contributed by atoms with Crippen molar-refractivity contribution in [3.05, 3.63) is 30.1 Å². The molecule has 0 radical (unpaired) electrons. The van der Waals surface area contributed by atoms with Crippen molar-refractivity contribution >= 4 is 0 Å². The monoisotopic (exact) mass is 233 g/mol. The molecule has 1 aromatic heterocycles. The van der Waals surface area contributed by atoms with Crippen LogP contribution in [-0.2, 0) is 6.42 Å². The third-order valence-corrected chi connectivity index (χ3v) is 3.52. The van der Waals surface area contributed by atoms with E-state index in [1.54, 1.807) is 0 Å². The number of hydrogen-bond donors (Lipinski definition) is 1. The zero-order valence-electron chi connectivity index (χ0n) is 10.7. The highest BCUT2D eigenvalue weighted by Gasteiger charge is 2.13. The summed E-state index contributed by atoms with van der Waals surface area (Å²) in [5, 5.41) is 3.68. The van der Waals surface area contributed by atoms with Crippen molar-refractivity contribution in [1.82, 2.24) is 15.2 Å². The maximum absolute atomic E-state index is 4.14. The quantitative estimate of drug-likeness (QED) is 0.858. The fourth-order valence-corrected chi connectivity index (χ4v) is 2.41. The van der Waals surface area contributed by atoms with Gasteiger partial charge in [0, 0.05) is 18.4 Å². The molecule has 1 aliphatic rings. The predicted octanol–water partition coefficient (Wildman–Crippen LogP) is 1.70. The van der Waals surface area contributed by atoms with Crippen LogP contribution in [-0.4, -0.2) is 42.6 Å². The summed E-state index contributed by atoms with van der Waals surface area (Å²) in [5.74, 6) is 0. The van der Waals surface area contributed by atoms with Crippen LogP contribution in [0, 0.1) is 0 Å². The molecule has 0 amide bonds. The first-order valence-electron chi connectivity index (χ1n) is 6.65. The minimum absolute atomic E-state index is 0.705. The third-order valence-electron chi connectivity index (χ3n) is 3.52. The Balaban J connectivity index is 1.68. The molecule has 1 aromatic rings. The van der Waals surface area contributed by atoms with Crippen LogP contribution in [0.15, 0.2) is 24.5 Å². The first kappa shape index (κ1) is 12.5. The Morgan fingerprint density at radius 3 is 3.18 bits per heavy atom. The number of hydrogen-bond acceptors (Lipinski definition) is 3. The molecule has 17 heavy (non-hydrogen) atoms. The fraction of sp³-hybridized carbons (Fsp3) is 0.643. The van der Waals surface area contributed by atoms with Gasteiger partial charge >= 0.3 is 0 Å². The molecule has 0 aliphatic carbocycles. The van der Waals surface area contributed by atoms with Crippen molar-refractivity contribution in [2.75, 3.05) is 26.7 Å². The molecule has 0 bridgehead atoms. The van der Waals surface area contributed by atoms with Crippen molar-refractivity contribution < 1.29 is 0 Å². The van der Waals surface area contributed by atoms with Crippen LogP contribution in [0.4, 0.5) is 0 Å². The Hall–Kier alpha value is -0.930. The van der Waals surface area contributed by atoms with E-state index < -0.39 is 0 Å². The van der Waals surface area contributed by atoms with E-state index in [0.717, 1.165) is 13.0 Å². The van der Waals surface area contributed by atoms with Gasteiger partial charge in [0.15, 0.2) is 0 Å². The van der Waals surface area contributed by atoms with E-state index in [0.29, 0.717) is 6.04 Å². The Labute approximate surface area is 104 Å². The number of likely N-dealkylation sites (tertiary alicyclic amines) is 1. The third kappa shape index (κ3) is 4.44. The number of aromatic nitrogens is 1. The average molecular weight is 233 g/mol. The zero-order chi connectivity index (χ0) is 11.9. The van der Waals surface area contributed by atoms with Gasteiger partial charge in [-0.15, -0.1) is 0 Å². The highest BCUT2D eigenvalue weighted by Crippen LogP contribution is 2.09. The molecule has 3 nitrogen and oxygen atoms in total. The molecule has 2 heterocycles. The second kappa shape index (κ2) is 6.72. The standard InChI is InChI=1S/C14H23N3/c1-17-10-3-5-14(7-11-17)16-9-6-13-4-2-8-15-12-13/h2,4,8,12,14,16H,3,5-7,9-11H2,1H3. The maximum atomic E-state index is 4.14. The van der Waals surface area contributed by atoms with Crippen molar-refractivity contribution in [2.24, 2.45) is 0 Å². The highest BCUT2D eigenvalue weighted by atomic mass is 15.1. The second-order valence-corrected chi connectivity index (χ2v) is 5.00. The number of rotatable bonds is 4. The van der Waals surface area contributed by atoms with E-state index in [2.05, 4.69) is 28.3 Å². The van der Waals surface area contributed by atoms with Crippen LogP contribution in [0.5, 0.6) is 0 Å². The van der Waals surface area contributed by atoms with E-state index in [-0.39, 0.29) is 0 Å². The molecule has 0 aromatic carbocycles. The van der Waals surface area contributed by atoms with E-state index in [1.165, 1.54) is 37.9 Å². The molecule has 1 atom stereocenters. The summed E-state index contributed by atoms with van der Waals surface area (Å²) in [4.78, 5) is 6.57. The summed E-state index contributed by atoms with van der Waals surface area (Å²) in [7, 11) is 2.22. The Morgan fingerprint density at radius 2 is 2.35 bits per heavy atom. The van der Waals surface area contributed by atoms with E-state index in [9.17, 15) is 0 Å². The maximum Gasteiger partial charge on any atom is 0.0300 e. The van der Waals surface area contributed by atoms with Gasteiger partial charge in [0.2, 0.25) is 0 Å². The number of pyridine rings is 1. The molecule has 1 aliphatic heterocycles. The van der Waals surface area contributed by atoms with Crippen molar-refractivity contribution in [1.29, 1.82) is 0 Å². The Bertz CT molecular complexity index is 313. The molecule has 1 N–H and O–H groups in total. The largest absolute Gasteiger partial charge is 0.314 e. The molecule has 2 rings (SSSR count). The van der Waals surface area contributed by atoms with Gasteiger partial charge in [0.05, 0.1) is 0 Å². The molecular weight excluding hydrogens is 210 g/mol. The highest BCUT2D eigenvalue weighted by molar-refractivity contribution is 5.08. The van der Waals surface area contributed by atoms with E-state index >= 15 is 0 Å². The van der Waals surface area contributed by atoms with Crippen LogP contribution in [0.2, 0.25) is 0 Å². The Morgan fingerprint density at radius 1 is 1.41 bits per heavy atom. The van der Waals surface area contributed by atoms with Gasteiger partial charge in [0.1, 0.15) is 0 Å². The van der Waals surface area contributed by atoms with Crippen LogP contribution < -0.4 is 5.32 Å². The van der Waals surface area contributed by atoms with E-state index in [4.69, 9.17) is 0 Å². The molecule has 1 unspecified atom stereocenters. The van der Waals surface area contributed by atoms with Gasteiger partial charge in [-0.2, -0.15) is 0 Å². The lowest BCUT2D eigenvalue weighted by Gasteiger charge is -2.16. The number of nitrogens with zero attached hydrogens (tertiary/aromatic N) is 2. The molecular formula is C14H23N3. The predicted molar refractivity (Wildman–Crippen MR) is 71.1 cm³/mol. The smallest absolute Gasteiger partial charge is 0.0300 e. The lowest BCUT2D eigenvalue weighted by Crippen LogP contribution is -2.31. The first-order chi connectivity index (χ1) is 8.34. The second-order valence-electron chi connectivity index (χ2n) is 5.00. The number of nitrogens with one attached hydrogen (secondary N) is 1. The fourth-order valence-electron chi connectivity index (χ4n) is 2.41. The summed E-state index contributed by atoms with van der Waals surface area (Å²) in [6.45, 7) is 3.55. The minimum Gasteiger partial charge on any atom is -0.314 e. The lowest BCUT2D eigenvalue weighted by atomic mass is 10.1. The summed E-state index contributed by atoms with van der Waals surface area (Å²) in [6, 6.07) is 4.86. The van der Waals surface area contributed by atoms with Gasteiger partial charge in [-0.1, -0.05) is 6.07 Å². The average Bonchev–Trinajstić information content (AvgIpc) is 2.56. The zero-order valence-corrected chi connectivity index (χ0v) is 10.7. The van der Waals surface area contributed by atoms with Crippen LogP contribution >= 0.6 is 0 Å². The van der Waals surface area contributed by atoms with Gasteiger partial charge in [-0.05, 0) is 64.0 Å². The molecule has 0 spiro atoms. The summed E-state index contributed by atoms with van der Waals surface area (Å²) in [6.07, 6.45) is 8.79. The summed E-state index contributed by atoms with van der Waals surface area (Å²) < 4.78 is 0. The first-order valence-corrected chi connectivity index (χ1v) is 6.65. The van der Waals surface area contributed by atoms with Gasteiger partial charge < -0.3 is 10.2 Å². The lowest BCUT2D eigenvalue weighted by molar-refractivity contribution is 0.344. The van der Waals surface area contributed by atoms with Crippen molar-refractivity contribution in [2.45, 2.75) is 31.7 Å².